The number of rotatable bonds is 7. The number of hydrogen-bond donors (Lipinski definition) is 0. The van der Waals surface area contributed by atoms with E-state index in [1.165, 1.54) is 54.9 Å². The summed E-state index contributed by atoms with van der Waals surface area (Å²) in [6.45, 7) is 0. The Morgan fingerprint density at radius 3 is 2.61 bits per heavy atom. The molecule has 1 aliphatic heterocycles. The van der Waals surface area contributed by atoms with E-state index in [0.717, 1.165) is 12.1 Å². The quantitative estimate of drug-likeness (QED) is 0.162. The Labute approximate surface area is 191 Å². The standard InChI is InChI=1S/C21H14N2O8S2/c1-29-17-12-13(11-14-21(24)30-20(22-14)18-6-4-10-32-18)8-9-16(17)31-33(27,28)19-7-3-2-5-15(19)23(25)26/h2-12H,1H3. The van der Waals surface area contributed by atoms with E-state index < -0.39 is 31.6 Å². The van der Waals surface area contributed by atoms with Crippen LogP contribution < -0.4 is 8.92 Å². The number of carbonyl (C=O) groups excluding carboxylic acids is 1. The minimum absolute atomic E-state index is 0.0281. The Kier molecular flexibility index (Phi) is 5.94. The van der Waals surface area contributed by atoms with Crippen LogP contribution in [0.4, 0.5) is 5.69 Å². The van der Waals surface area contributed by atoms with Crippen LogP contribution in [0.5, 0.6) is 11.5 Å². The van der Waals surface area contributed by atoms with Crippen molar-refractivity contribution >= 4 is 45.1 Å². The van der Waals surface area contributed by atoms with Crippen molar-refractivity contribution in [1.29, 1.82) is 0 Å². The Balaban J connectivity index is 1.64. The van der Waals surface area contributed by atoms with Crippen LogP contribution in [0.25, 0.3) is 6.08 Å². The summed E-state index contributed by atoms with van der Waals surface area (Å²) in [7, 11) is -3.23. The zero-order valence-corrected chi connectivity index (χ0v) is 18.5. The summed E-state index contributed by atoms with van der Waals surface area (Å²) >= 11 is 1.37. The largest absolute Gasteiger partial charge is 0.493 e. The van der Waals surface area contributed by atoms with Crippen LogP contribution in [0.15, 0.2) is 75.6 Å². The third kappa shape index (κ3) is 4.61. The number of nitro groups is 1. The first-order valence-electron chi connectivity index (χ1n) is 9.21. The predicted octanol–water partition coefficient (Wildman–Crippen LogP) is 3.78. The zero-order valence-electron chi connectivity index (χ0n) is 16.8. The summed E-state index contributed by atoms with van der Waals surface area (Å²) < 4.78 is 40.9. The van der Waals surface area contributed by atoms with Gasteiger partial charge in [-0.25, -0.2) is 9.79 Å². The number of thiophene rings is 1. The van der Waals surface area contributed by atoms with Crippen LogP contribution in [-0.4, -0.2) is 32.3 Å². The lowest BCUT2D eigenvalue weighted by Crippen LogP contribution is -2.12. The van der Waals surface area contributed by atoms with Gasteiger partial charge in [0.2, 0.25) is 5.90 Å². The smallest absolute Gasteiger partial charge is 0.363 e. The van der Waals surface area contributed by atoms with Crippen molar-refractivity contribution in [1.82, 2.24) is 0 Å². The Bertz CT molecular complexity index is 1410. The molecule has 1 aliphatic rings. The number of nitrogens with zero attached hydrogens (tertiary/aromatic N) is 2. The molecule has 0 unspecified atom stereocenters. The molecule has 0 saturated carbocycles. The van der Waals surface area contributed by atoms with E-state index >= 15 is 0 Å². The molecule has 1 aromatic heterocycles. The summed E-state index contributed by atoms with van der Waals surface area (Å²) in [6, 6.07) is 12.6. The molecule has 0 amide bonds. The molecular formula is C21H14N2O8S2. The van der Waals surface area contributed by atoms with Crippen LogP contribution in [0.1, 0.15) is 10.4 Å². The predicted molar refractivity (Wildman–Crippen MR) is 119 cm³/mol. The van der Waals surface area contributed by atoms with Gasteiger partial charge in [-0.05, 0) is 41.3 Å². The normalized spacial score (nSPS) is 14.6. The Hall–Kier alpha value is -4.03. The molecule has 0 N–H and O–H groups in total. The summed E-state index contributed by atoms with van der Waals surface area (Å²) in [5.41, 5.74) is -0.0935. The van der Waals surface area contributed by atoms with E-state index in [0.29, 0.717) is 10.4 Å². The fourth-order valence-electron chi connectivity index (χ4n) is 2.90. The number of hydrogen-bond acceptors (Lipinski definition) is 10. The topological polar surface area (TPSA) is 134 Å². The highest BCUT2D eigenvalue weighted by Gasteiger charge is 2.28. The van der Waals surface area contributed by atoms with Crippen molar-refractivity contribution in [2.75, 3.05) is 7.11 Å². The molecular weight excluding hydrogens is 472 g/mol. The number of carbonyl (C=O) groups is 1. The van der Waals surface area contributed by atoms with E-state index in [4.69, 9.17) is 13.7 Å². The molecule has 33 heavy (non-hydrogen) atoms. The van der Waals surface area contributed by atoms with Crippen molar-refractivity contribution in [2.24, 2.45) is 4.99 Å². The summed E-state index contributed by atoms with van der Waals surface area (Å²) in [5.74, 6) is -0.588. The molecule has 0 atom stereocenters. The van der Waals surface area contributed by atoms with E-state index in [1.54, 1.807) is 12.1 Å². The van der Waals surface area contributed by atoms with E-state index in [-0.39, 0.29) is 23.1 Å². The van der Waals surface area contributed by atoms with Gasteiger partial charge in [0.15, 0.2) is 22.1 Å². The van der Waals surface area contributed by atoms with Crippen LogP contribution in [0.2, 0.25) is 0 Å². The number of aliphatic imine (C=N–C) groups is 1. The molecule has 10 nitrogen and oxygen atoms in total. The number of cyclic esters (lactones) is 1. The first-order chi connectivity index (χ1) is 15.8. The average molecular weight is 486 g/mol. The maximum Gasteiger partial charge on any atom is 0.363 e. The van der Waals surface area contributed by atoms with Gasteiger partial charge in [0.1, 0.15) is 0 Å². The molecule has 0 bridgehead atoms. The molecule has 2 heterocycles. The van der Waals surface area contributed by atoms with Crippen LogP contribution in [0.3, 0.4) is 0 Å². The number of methoxy groups -OCH3 is 1. The van der Waals surface area contributed by atoms with Crippen LogP contribution in [0, 0.1) is 10.1 Å². The van der Waals surface area contributed by atoms with Gasteiger partial charge in [0.05, 0.1) is 16.9 Å². The minimum Gasteiger partial charge on any atom is -0.493 e. The number of ether oxygens (including phenoxy) is 2. The highest BCUT2D eigenvalue weighted by atomic mass is 32.2. The minimum atomic E-state index is -4.53. The number of esters is 1. The Morgan fingerprint density at radius 2 is 1.91 bits per heavy atom. The third-order valence-electron chi connectivity index (χ3n) is 4.37. The second kappa shape index (κ2) is 8.84. The summed E-state index contributed by atoms with van der Waals surface area (Å²) in [6.07, 6.45) is 1.45. The van der Waals surface area contributed by atoms with Crippen molar-refractivity contribution in [3.63, 3.8) is 0 Å². The number of nitro benzene ring substituents is 1. The monoisotopic (exact) mass is 486 g/mol. The third-order valence-corrected chi connectivity index (χ3v) is 6.52. The molecule has 2 aromatic carbocycles. The summed E-state index contributed by atoms with van der Waals surface area (Å²) in [5, 5.41) is 13.0. The second-order valence-electron chi connectivity index (χ2n) is 6.49. The number of para-hydroxylation sites is 1. The first kappa shape index (κ1) is 22.2. The zero-order chi connectivity index (χ0) is 23.6. The molecule has 4 rings (SSSR count). The van der Waals surface area contributed by atoms with Crippen molar-refractivity contribution < 1.29 is 31.8 Å². The maximum absolute atomic E-state index is 12.7. The second-order valence-corrected chi connectivity index (χ2v) is 8.95. The lowest BCUT2D eigenvalue weighted by molar-refractivity contribution is -0.387. The van der Waals surface area contributed by atoms with Gasteiger partial charge in [-0.1, -0.05) is 24.3 Å². The lowest BCUT2D eigenvalue weighted by atomic mass is 10.1. The van der Waals surface area contributed by atoms with Crippen LogP contribution in [-0.2, 0) is 19.6 Å². The maximum atomic E-state index is 12.7. The summed E-state index contributed by atoms with van der Waals surface area (Å²) in [4.78, 5) is 26.8. The van der Waals surface area contributed by atoms with Gasteiger partial charge in [-0.15, -0.1) is 11.3 Å². The van der Waals surface area contributed by atoms with Crippen molar-refractivity contribution in [3.05, 3.63) is 86.2 Å². The van der Waals surface area contributed by atoms with Gasteiger partial charge >= 0.3 is 16.1 Å². The lowest BCUT2D eigenvalue weighted by Gasteiger charge is -2.11. The van der Waals surface area contributed by atoms with E-state index in [9.17, 15) is 23.3 Å². The van der Waals surface area contributed by atoms with Crippen molar-refractivity contribution in [2.45, 2.75) is 4.90 Å². The van der Waals surface area contributed by atoms with Gasteiger partial charge in [0.25, 0.3) is 5.69 Å². The first-order valence-corrected chi connectivity index (χ1v) is 11.5. The number of benzene rings is 2. The molecule has 0 fully saturated rings. The average Bonchev–Trinajstić information content (AvgIpc) is 3.45. The molecule has 0 radical (unpaired) electrons. The van der Waals surface area contributed by atoms with Gasteiger partial charge in [-0.3, -0.25) is 10.1 Å². The van der Waals surface area contributed by atoms with Crippen LogP contribution >= 0.6 is 11.3 Å². The SMILES string of the molecule is COc1cc(C=C2N=C(c3cccs3)OC2=O)ccc1OS(=O)(=O)c1ccccc1[N+](=O)[O-]. The fourth-order valence-corrected chi connectivity index (χ4v) is 4.65. The van der Waals surface area contributed by atoms with Gasteiger partial charge in [0, 0.05) is 6.07 Å². The fraction of sp³-hybridized carbons (Fsp3) is 0.0476. The van der Waals surface area contributed by atoms with Gasteiger partial charge < -0.3 is 13.7 Å². The van der Waals surface area contributed by atoms with E-state index in [2.05, 4.69) is 4.99 Å². The molecule has 168 valence electrons. The van der Waals surface area contributed by atoms with Crippen molar-refractivity contribution in [3.8, 4) is 11.5 Å². The highest BCUT2D eigenvalue weighted by Crippen LogP contribution is 2.34. The highest BCUT2D eigenvalue weighted by molar-refractivity contribution is 7.87. The molecule has 0 spiro atoms. The van der Waals surface area contributed by atoms with Gasteiger partial charge in [-0.2, -0.15) is 8.42 Å². The molecule has 12 heteroatoms. The molecule has 3 aromatic rings. The Morgan fingerprint density at radius 1 is 1.12 bits per heavy atom. The molecule has 0 aliphatic carbocycles. The van der Waals surface area contributed by atoms with E-state index in [1.807, 2.05) is 5.38 Å². The molecule has 0 saturated heterocycles.